The van der Waals surface area contributed by atoms with Gasteiger partial charge in [-0.25, -0.2) is 9.18 Å². The van der Waals surface area contributed by atoms with Gasteiger partial charge in [0.15, 0.2) is 0 Å². The molecule has 2 aromatic rings. The smallest absolute Gasteiger partial charge is 0.319 e. The summed E-state index contributed by atoms with van der Waals surface area (Å²) in [4.78, 5) is 16.6. The first kappa shape index (κ1) is 19.5. The molecule has 0 spiro atoms. The van der Waals surface area contributed by atoms with Crippen LogP contribution in [0.4, 0.5) is 20.6 Å². The minimum Gasteiger partial charge on any atom is -0.369 e. The summed E-state index contributed by atoms with van der Waals surface area (Å²) in [5, 5.41) is 6.29. The summed E-state index contributed by atoms with van der Waals surface area (Å²) < 4.78 is 12.9. The van der Waals surface area contributed by atoms with Gasteiger partial charge in [0.05, 0.1) is 0 Å². The van der Waals surface area contributed by atoms with Crippen LogP contribution in [-0.4, -0.2) is 50.2 Å². The minimum absolute atomic E-state index is 0.283. The van der Waals surface area contributed by atoms with Gasteiger partial charge in [-0.1, -0.05) is 17.7 Å². The van der Waals surface area contributed by atoms with Crippen molar-refractivity contribution >= 4 is 29.0 Å². The number of urea groups is 1. The van der Waals surface area contributed by atoms with Crippen molar-refractivity contribution in [2.24, 2.45) is 0 Å². The molecule has 7 heteroatoms. The Hall–Kier alpha value is -2.31. The fraction of sp³-hybridized carbons (Fsp3) is 0.350. The van der Waals surface area contributed by atoms with E-state index < -0.39 is 0 Å². The largest absolute Gasteiger partial charge is 0.369 e. The van der Waals surface area contributed by atoms with E-state index in [9.17, 15) is 9.18 Å². The number of amides is 2. The van der Waals surface area contributed by atoms with Crippen LogP contribution >= 0.6 is 11.6 Å². The minimum atomic E-state index is -0.326. The second-order valence-electron chi connectivity index (χ2n) is 6.65. The van der Waals surface area contributed by atoms with Crippen molar-refractivity contribution in [2.75, 3.05) is 49.5 Å². The van der Waals surface area contributed by atoms with Crippen molar-refractivity contribution in [3.8, 4) is 0 Å². The quantitative estimate of drug-likeness (QED) is 0.817. The van der Waals surface area contributed by atoms with Gasteiger partial charge in [-0.05, 0) is 48.9 Å². The molecular weight excluding hydrogens is 367 g/mol. The van der Waals surface area contributed by atoms with E-state index in [1.54, 1.807) is 0 Å². The number of piperazine rings is 1. The van der Waals surface area contributed by atoms with Crippen molar-refractivity contribution in [1.82, 2.24) is 10.2 Å². The summed E-state index contributed by atoms with van der Waals surface area (Å²) in [5.41, 5.74) is 2.99. The van der Waals surface area contributed by atoms with Crippen molar-refractivity contribution in [3.05, 3.63) is 58.9 Å². The summed E-state index contributed by atoms with van der Waals surface area (Å²) >= 11 is 6.13. The van der Waals surface area contributed by atoms with Gasteiger partial charge in [-0.15, -0.1) is 0 Å². The van der Waals surface area contributed by atoms with Crippen LogP contribution in [0.5, 0.6) is 0 Å². The van der Waals surface area contributed by atoms with E-state index in [0.29, 0.717) is 12.2 Å². The molecule has 5 nitrogen and oxygen atoms in total. The zero-order valence-corrected chi connectivity index (χ0v) is 16.1. The number of hydrogen-bond donors (Lipinski definition) is 2. The van der Waals surface area contributed by atoms with Gasteiger partial charge >= 0.3 is 6.03 Å². The molecule has 0 bridgehead atoms. The van der Waals surface area contributed by atoms with E-state index in [4.69, 9.17) is 11.6 Å². The van der Waals surface area contributed by atoms with Crippen molar-refractivity contribution in [2.45, 2.75) is 6.92 Å². The van der Waals surface area contributed by atoms with E-state index in [1.165, 1.54) is 35.5 Å². The molecule has 144 valence electrons. The van der Waals surface area contributed by atoms with Gasteiger partial charge in [0.2, 0.25) is 0 Å². The molecule has 1 saturated heterocycles. The van der Waals surface area contributed by atoms with Crippen LogP contribution in [-0.2, 0) is 0 Å². The number of rotatable bonds is 5. The van der Waals surface area contributed by atoms with Crippen LogP contribution in [0, 0.1) is 12.7 Å². The molecule has 2 aromatic carbocycles. The molecule has 0 aromatic heterocycles. The lowest BCUT2D eigenvalue weighted by Gasteiger charge is -2.36. The highest BCUT2D eigenvalue weighted by atomic mass is 35.5. The number of hydrogen-bond acceptors (Lipinski definition) is 3. The molecular formula is C20H24ClFN4O. The third-order valence-corrected chi connectivity index (χ3v) is 4.93. The lowest BCUT2D eigenvalue weighted by molar-refractivity contribution is 0.240. The average Bonchev–Trinajstić information content (AvgIpc) is 2.66. The number of nitrogens with zero attached hydrogens (tertiary/aromatic N) is 2. The molecule has 2 amide bonds. The lowest BCUT2D eigenvalue weighted by atomic mass is 10.1. The van der Waals surface area contributed by atoms with Gasteiger partial charge in [0, 0.05) is 55.7 Å². The predicted molar refractivity (Wildman–Crippen MR) is 108 cm³/mol. The molecule has 1 aliphatic rings. The standard InChI is InChI=1S/C20H24ClFN4O/c1-15-2-3-16(21)14-19(15)26-12-10-25(11-13-26)9-8-23-20(27)24-18-6-4-17(22)5-7-18/h2-7,14H,8-13H2,1H3,(H2,23,24,27). The van der Waals surface area contributed by atoms with Gasteiger partial charge in [-0.2, -0.15) is 0 Å². The van der Waals surface area contributed by atoms with Crippen LogP contribution in [0.1, 0.15) is 5.56 Å². The Bertz CT molecular complexity index is 776. The Balaban J connectivity index is 1.39. The van der Waals surface area contributed by atoms with E-state index in [-0.39, 0.29) is 11.8 Å². The van der Waals surface area contributed by atoms with Crippen molar-refractivity contribution in [1.29, 1.82) is 0 Å². The zero-order chi connectivity index (χ0) is 19.2. The Morgan fingerprint density at radius 1 is 1.11 bits per heavy atom. The van der Waals surface area contributed by atoms with Crippen LogP contribution in [0.2, 0.25) is 5.02 Å². The fourth-order valence-corrected chi connectivity index (χ4v) is 3.34. The molecule has 0 radical (unpaired) electrons. The number of carbonyl (C=O) groups is 1. The Morgan fingerprint density at radius 2 is 1.81 bits per heavy atom. The van der Waals surface area contributed by atoms with Gasteiger partial charge < -0.3 is 15.5 Å². The van der Waals surface area contributed by atoms with E-state index in [0.717, 1.165) is 37.7 Å². The summed E-state index contributed by atoms with van der Waals surface area (Å²) in [6, 6.07) is 11.4. The summed E-state index contributed by atoms with van der Waals surface area (Å²) in [7, 11) is 0. The van der Waals surface area contributed by atoms with Crippen LogP contribution in [0.3, 0.4) is 0 Å². The maximum atomic E-state index is 12.9. The Kier molecular flexibility index (Phi) is 6.53. The third-order valence-electron chi connectivity index (χ3n) is 4.70. The van der Waals surface area contributed by atoms with Crippen molar-refractivity contribution in [3.63, 3.8) is 0 Å². The van der Waals surface area contributed by atoms with Gasteiger partial charge in [0.1, 0.15) is 5.82 Å². The van der Waals surface area contributed by atoms with Gasteiger partial charge in [0.25, 0.3) is 0 Å². The number of halogens is 2. The molecule has 0 atom stereocenters. The highest BCUT2D eigenvalue weighted by Gasteiger charge is 2.18. The predicted octanol–water partition coefficient (Wildman–Crippen LogP) is 3.73. The highest BCUT2D eigenvalue weighted by molar-refractivity contribution is 6.30. The Labute approximate surface area is 164 Å². The van der Waals surface area contributed by atoms with Crippen LogP contribution in [0.25, 0.3) is 0 Å². The van der Waals surface area contributed by atoms with Crippen molar-refractivity contribution < 1.29 is 9.18 Å². The number of aryl methyl sites for hydroxylation is 1. The molecule has 2 N–H and O–H groups in total. The Morgan fingerprint density at radius 3 is 2.52 bits per heavy atom. The summed E-state index contributed by atoms with van der Waals surface area (Å²) in [6.07, 6.45) is 0. The third kappa shape index (κ3) is 5.58. The molecule has 27 heavy (non-hydrogen) atoms. The van der Waals surface area contributed by atoms with Gasteiger partial charge in [-0.3, -0.25) is 4.90 Å². The first-order valence-electron chi connectivity index (χ1n) is 9.05. The maximum absolute atomic E-state index is 12.9. The first-order valence-corrected chi connectivity index (χ1v) is 9.43. The van der Waals surface area contributed by atoms with E-state index in [2.05, 4.69) is 27.4 Å². The second kappa shape index (κ2) is 9.06. The highest BCUT2D eigenvalue weighted by Crippen LogP contribution is 2.25. The zero-order valence-electron chi connectivity index (χ0n) is 15.3. The van der Waals surface area contributed by atoms with E-state index in [1.807, 2.05) is 18.2 Å². The lowest BCUT2D eigenvalue weighted by Crippen LogP contribution is -2.48. The van der Waals surface area contributed by atoms with Crippen LogP contribution < -0.4 is 15.5 Å². The summed E-state index contributed by atoms with van der Waals surface area (Å²) in [6.45, 7) is 7.19. The monoisotopic (exact) mass is 390 g/mol. The van der Waals surface area contributed by atoms with Crippen LogP contribution in [0.15, 0.2) is 42.5 Å². The molecule has 1 aliphatic heterocycles. The normalized spacial score (nSPS) is 14.9. The molecule has 0 aliphatic carbocycles. The second-order valence-corrected chi connectivity index (χ2v) is 7.08. The average molecular weight is 391 g/mol. The number of benzene rings is 2. The molecule has 0 saturated carbocycles. The number of anilines is 2. The molecule has 1 heterocycles. The SMILES string of the molecule is Cc1ccc(Cl)cc1N1CCN(CCNC(=O)Nc2ccc(F)cc2)CC1. The fourth-order valence-electron chi connectivity index (χ4n) is 3.17. The van der Waals surface area contributed by atoms with E-state index >= 15 is 0 Å². The molecule has 3 rings (SSSR count). The molecule has 0 unspecified atom stereocenters. The topological polar surface area (TPSA) is 47.6 Å². The first-order chi connectivity index (χ1) is 13.0. The maximum Gasteiger partial charge on any atom is 0.319 e. The molecule has 1 fully saturated rings. The number of carbonyl (C=O) groups excluding carboxylic acids is 1. The number of nitrogens with one attached hydrogen (secondary N) is 2. The summed E-state index contributed by atoms with van der Waals surface area (Å²) in [5.74, 6) is -0.326.